The molecule has 0 spiro atoms. The van der Waals surface area contributed by atoms with Crippen molar-refractivity contribution in [2.24, 2.45) is 0 Å². The van der Waals surface area contributed by atoms with Crippen LogP contribution in [-0.2, 0) is 11.8 Å². The Morgan fingerprint density at radius 2 is 0.650 bits per heavy atom. The predicted octanol–water partition coefficient (Wildman–Crippen LogP) is -7.91. The number of hydrogen-bond donors (Lipinski definition) is 4. The van der Waals surface area contributed by atoms with Crippen molar-refractivity contribution >= 4 is 92.8 Å². The van der Waals surface area contributed by atoms with E-state index in [4.69, 9.17) is 25.0 Å². The van der Waals surface area contributed by atoms with Gasteiger partial charge in [0.15, 0.2) is 0 Å². The van der Waals surface area contributed by atoms with E-state index < -0.39 is 89.8 Å². The van der Waals surface area contributed by atoms with Crippen LogP contribution in [-0.4, -0.2) is 128 Å². The first kappa shape index (κ1) is 83.9. The van der Waals surface area contributed by atoms with Gasteiger partial charge in [-0.25, -0.2) is 0 Å². The van der Waals surface area contributed by atoms with E-state index in [1.807, 2.05) is 0 Å². The summed E-state index contributed by atoms with van der Waals surface area (Å²) in [5.74, 6) is 0. The topological polar surface area (TPSA) is 275 Å². The predicted molar refractivity (Wildman–Crippen MR) is 54.8 cm³/mol. The fourth-order valence-corrected chi connectivity index (χ4v) is 0. The molecule has 0 rings (SSSR count). The van der Waals surface area contributed by atoms with Crippen molar-refractivity contribution in [3.05, 3.63) is 0 Å². The maximum absolute atomic E-state index is 8.64. The quantitative estimate of drug-likeness (QED) is 0.169. The summed E-state index contributed by atoms with van der Waals surface area (Å²) in [6.07, 6.45) is 0. The second-order valence-corrected chi connectivity index (χ2v) is 2.12. The van der Waals surface area contributed by atoms with E-state index in [0.717, 1.165) is 0 Å². The molecule has 0 atom stereocenters. The van der Waals surface area contributed by atoms with Crippen molar-refractivity contribution in [3.8, 4) is 0 Å². The van der Waals surface area contributed by atoms with Gasteiger partial charge >= 0.3 is 115 Å². The molecule has 0 bridgehead atoms. The van der Waals surface area contributed by atoms with Crippen molar-refractivity contribution in [1.82, 2.24) is 0 Å². The summed E-state index contributed by atoms with van der Waals surface area (Å²) in [6.45, 7) is 0. The molecule has 0 unspecified atom stereocenters. The third kappa shape index (κ3) is 388. The summed E-state index contributed by atoms with van der Waals surface area (Å²) < 4.78 is 63.2. The van der Waals surface area contributed by atoms with Gasteiger partial charge in [-0.3, -0.25) is 0 Å². The molecule has 0 amide bonds. The third-order valence-corrected chi connectivity index (χ3v) is 0. The van der Waals surface area contributed by atoms with Gasteiger partial charge in [-0.15, -0.1) is 0 Å². The van der Waals surface area contributed by atoms with Crippen LogP contribution in [0.25, 0.3) is 0 Å². The normalized spacial score (nSPS) is 2.05. The molecule has 12 N–H and O–H groups in total. The molecule has 20 heteroatoms. The van der Waals surface area contributed by atoms with Crippen molar-refractivity contribution in [3.63, 3.8) is 0 Å². The van der Waals surface area contributed by atoms with Gasteiger partial charge in [0.1, 0.15) is 0 Å². The van der Waals surface area contributed by atoms with Gasteiger partial charge in [0.2, 0.25) is 0 Å². The zero-order valence-electron chi connectivity index (χ0n) is 9.37. The maximum atomic E-state index is 8.64. The molecule has 0 heterocycles. The molecule has 0 saturated heterocycles. The molecule has 0 fully saturated rings. The van der Waals surface area contributed by atoms with E-state index in [1.54, 1.807) is 0 Å². The molecule has 123 valence electrons. The van der Waals surface area contributed by atoms with Gasteiger partial charge < -0.3 is 21.9 Å². The summed E-state index contributed by atoms with van der Waals surface area (Å²) in [5, 5.41) is 0. The summed E-state index contributed by atoms with van der Waals surface area (Å²) in [4.78, 5) is 0. The van der Waals surface area contributed by atoms with E-state index >= 15 is 0 Å². The van der Waals surface area contributed by atoms with Crippen LogP contribution in [0.2, 0.25) is 0 Å². The molecule has 0 aliphatic carbocycles. The zero-order valence-corrected chi connectivity index (χ0v) is 28.3. The van der Waals surface area contributed by atoms with Crippen LogP contribution in [0, 0.1) is 116 Å². The van der Waals surface area contributed by atoms with Crippen molar-refractivity contribution in [1.29, 1.82) is 0 Å². The molecule has 0 aliphatic rings. The third-order valence-electron chi connectivity index (χ3n) is 0. The summed E-state index contributed by atoms with van der Waals surface area (Å²) in [6, 6.07) is 0. The minimum absolute atomic E-state index is 0. The van der Waals surface area contributed by atoms with Crippen LogP contribution in [0.5, 0.6) is 0 Å². The van der Waals surface area contributed by atoms with Gasteiger partial charge in [0, 0.05) is 119 Å². The van der Waals surface area contributed by atoms with Gasteiger partial charge in [-0.1, -0.05) is 0 Å². The molecule has 20 heavy (non-hydrogen) atoms. The standard InChI is InChI=1S/5Ga.3Gd.8H2O.4O/h;;;;;;;;8*1H2;;;;/q;;3*+1;;;+1;;;;;;;;;;;;/p-4. The summed E-state index contributed by atoms with van der Waals surface area (Å²) in [5.41, 5.74) is 0. The molecule has 0 saturated carbocycles. The summed E-state index contributed by atoms with van der Waals surface area (Å²) >= 11 is -7.65. The average Bonchev–Trinajstić information content (AvgIpc) is 1.92. The Balaban J connectivity index is -0.00000000376. The first-order valence-electron chi connectivity index (χ1n) is 1.78. The minimum atomic E-state index is -1.94. The molecule has 0 aromatic rings. The van der Waals surface area contributed by atoms with Gasteiger partial charge in [0.25, 0.3) is 0 Å². The Morgan fingerprint density at radius 3 is 0.650 bits per heavy atom. The Kier molecular flexibility index (Phi) is 626. The summed E-state index contributed by atoms with van der Waals surface area (Å²) in [7, 11) is 0. The van der Waals surface area contributed by atoms with E-state index in [0.29, 0.717) is 0 Å². The Hall–Kier alpha value is 5.56. The fraction of sp³-hybridized carbons (Fsp3) is 0. The molecule has 0 aromatic heterocycles. The SMILES string of the molecule is O.O.O.O.[Ga].[Ga].[Gd].[Gd].[O]=[Ga][OH].[O]=[Ga][OH].[O]=[Ga][OH].[O]=[Gd][OH]. The first-order valence-corrected chi connectivity index (χ1v) is 9.94. The number of rotatable bonds is 0. The Morgan fingerprint density at radius 1 is 0.650 bits per heavy atom. The monoisotopic (exact) mass is 1020 g/mol. The van der Waals surface area contributed by atoms with Crippen LogP contribution in [0.3, 0.4) is 0 Å². The van der Waals surface area contributed by atoms with Crippen molar-refractivity contribution in [2.45, 2.75) is 0 Å². The van der Waals surface area contributed by atoms with Crippen LogP contribution >= 0.6 is 0 Å². The number of hydrogen-bond acceptors (Lipinski definition) is 4. The van der Waals surface area contributed by atoms with Crippen LogP contribution in [0.4, 0.5) is 0 Å². The van der Waals surface area contributed by atoms with Gasteiger partial charge in [-0.2, -0.15) is 0 Å². The molecular formula is H12Ga5Gd3O12. The molecule has 6 radical (unpaired) electrons. The molecule has 0 aliphatic heterocycles. The van der Waals surface area contributed by atoms with Crippen LogP contribution in [0.15, 0.2) is 0 Å². The fourth-order valence-electron chi connectivity index (χ4n) is 0. The molecule has 12 nitrogen and oxygen atoms in total. The molecular weight excluding hydrogens is 1010 g/mol. The zero-order chi connectivity index (χ0) is 10.8. The van der Waals surface area contributed by atoms with Crippen molar-refractivity contribution < 1.29 is 163 Å². The van der Waals surface area contributed by atoms with Crippen LogP contribution < -0.4 is 0 Å². The Labute approximate surface area is 249 Å². The Bertz CT molecular complexity index is 81.1. The van der Waals surface area contributed by atoms with E-state index in [9.17, 15) is 0 Å². The van der Waals surface area contributed by atoms with Crippen LogP contribution in [0.1, 0.15) is 0 Å². The van der Waals surface area contributed by atoms with Crippen molar-refractivity contribution in [2.75, 3.05) is 0 Å². The molecule has 0 aromatic carbocycles. The first-order chi connectivity index (χ1) is 5.66. The van der Waals surface area contributed by atoms with Gasteiger partial charge in [0.05, 0.1) is 0 Å². The van der Waals surface area contributed by atoms with E-state index in [1.165, 1.54) is 0 Å². The van der Waals surface area contributed by atoms with E-state index in [2.05, 4.69) is 0 Å². The van der Waals surface area contributed by atoms with E-state index in [-0.39, 0.29) is 141 Å². The second kappa shape index (κ2) is 149. The average molecular weight is 1020 g/mol. The second-order valence-electron chi connectivity index (χ2n) is 0.381. The van der Waals surface area contributed by atoms with Gasteiger partial charge in [-0.05, 0) is 0 Å².